The highest BCUT2D eigenvalue weighted by atomic mass is 79.9. The van der Waals surface area contributed by atoms with E-state index in [1.807, 2.05) is 18.2 Å². The van der Waals surface area contributed by atoms with E-state index in [4.69, 9.17) is 4.74 Å². The number of allylic oxidation sites excluding steroid dienone is 1. The van der Waals surface area contributed by atoms with E-state index in [9.17, 15) is 4.79 Å². The Bertz CT molecular complexity index is 571. The monoisotopic (exact) mass is 348 g/mol. The lowest BCUT2D eigenvalue weighted by Crippen LogP contribution is -2.16. The Labute approximate surface area is 134 Å². The molecule has 2 aliphatic carbocycles. The normalized spacial score (nSPS) is 25.0. The molecule has 0 spiro atoms. The van der Waals surface area contributed by atoms with Gasteiger partial charge in [0.25, 0.3) is 0 Å². The van der Waals surface area contributed by atoms with E-state index in [2.05, 4.69) is 22.0 Å². The maximum Gasteiger partial charge on any atom is 0.162 e. The second kappa shape index (κ2) is 6.35. The SMILES string of the molecule is COc1ccc(/C=C2\CC[C@@H](C3CCCC3)C2=O)cc1Br. The van der Waals surface area contributed by atoms with Gasteiger partial charge in [-0.1, -0.05) is 18.9 Å². The molecule has 21 heavy (non-hydrogen) atoms. The molecule has 1 aromatic rings. The first-order chi connectivity index (χ1) is 10.2. The first-order valence-corrected chi connectivity index (χ1v) is 8.56. The van der Waals surface area contributed by atoms with Crippen molar-refractivity contribution in [1.82, 2.24) is 0 Å². The molecule has 2 saturated carbocycles. The summed E-state index contributed by atoms with van der Waals surface area (Å²) in [5, 5.41) is 0. The molecule has 3 rings (SSSR count). The second-order valence-electron chi connectivity index (χ2n) is 6.12. The number of rotatable bonds is 3. The number of halogens is 1. The Morgan fingerprint density at radius 1 is 1.24 bits per heavy atom. The van der Waals surface area contributed by atoms with Gasteiger partial charge in [0, 0.05) is 5.92 Å². The Balaban J connectivity index is 1.77. The van der Waals surface area contributed by atoms with Crippen molar-refractivity contribution >= 4 is 27.8 Å². The van der Waals surface area contributed by atoms with Crippen molar-refractivity contribution in [3.63, 3.8) is 0 Å². The third kappa shape index (κ3) is 3.08. The van der Waals surface area contributed by atoms with Crippen molar-refractivity contribution in [3.05, 3.63) is 33.8 Å². The number of hydrogen-bond acceptors (Lipinski definition) is 2. The fourth-order valence-corrected chi connectivity index (χ4v) is 4.29. The van der Waals surface area contributed by atoms with Gasteiger partial charge in [0.2, 0.25) is 0 Å². The van der Waals surface area contributed by atoms with Crippen LogP contribution in [0.4, 0.5) is 0 Å². The minimum atomic E-state index is 0.292. The van der Waals surface area contributed by atoms with E-state index in [0.29, 0.717) is 17.6 Å². The largest absolute Gasteiger partial charge is 0.496 e. The van der Waals surface area contributed by atoms with Crippen LogP contribution in [0.25, 0.3) is 6.08 Å². The van der Waals surface area contributed by atoms with Crippen LogP contribution in [0.2, 0.25) is 0 Å². The van der Waals surface area contributed by atoms with Gasteiger partial charge in [0.15, 0.2) is 5.78 Å². The molecular formula is C18H21BrO2. The summed E-state index contributed by atoms with van der Waals surface area (Å²) in [4.78, 5) is 12.6. The molecule has 0 aromatic heterocycles. The van der Waals surface area contributed by atoms with Gasteiger partial charge < -0.3 is 4.74 Å². The third-order valence-corrected chi connectivity index (χ3v) is 5.48. The van der Waals surface area contributed by atoms with E-state index in [0.717, 1.165) is 34.2 Å². The summed E-state index contributed by atoms with van der Waals surface area (Å²) in [7, 11) is 1.66. The molecule has 0 aliphatic heterocycles. The molecule has 2 fully saturated rings. The summed E-state index contributed by atoms with van der Waals surface area (Å²) in [6, 6.07) is 5.96. The van der Waals surface area contributed by atoms with E-state index < -0.39 is 0 Å². The Kier molecular flexibility index (Phi) is 4.48. The lowest BCUT2D eigenvalue weighted by molar-refractivity contribution is -0.119. The number of benzene rings is 1. The number of methoxy groups -OCH3 is 1. The van der Waals surface area contributed by atoms with Crippen molar-refractivity contribution in [1.29, 1.82) is 0 Å². The lowest BCUT2D eigenvalue weighted by atomic mass is 9.88. The maximum atomic E-state index is 12.6. The lowest BCUT2D eigenvalue weighted by Gasteiger charge is -2.15. The van der Waals surface area contributed by atoms with Crippen LogP contribution in [0.1, 0.15) is 44.1 Å². The van der Waals surface area contributed by atoms with Gasteiger partial charge >= 0.3 is 0 Å². The molecule has 0 amide bonds. The van der Waals surface area contributed by atoms with Crippen molar-refractivity contribution in [2.24, 2.45) is 11.8 Å². The van der Waals surface area contributed by atoms with E-state index in [1.165, 1.54) is 25.7 Å². The number of ether oxygens (including phenoxy) is 1. The molecule has 0 N–H and O–H groups in total. The molecule has 0 unspecified atom stereocenters. The van der Waals surface area contributed by atoms with Gasteiger partial charge in [-0.15, -0.1) is 0 Å². The van der Waals surface area contributed by atoms with Crippen molar-refractivity contribution < 1.29 is 9.53 Å². The van der Waals surface area contributed by atoms with Crippen LogP contribution >= 0.6 is 15.9 Å². The smallest absolute Gasteiger partial charge is 0.162 e. The first kappa shape index (κ1) is 14.8. The van der Waals surface area contributed by atoms with E-state index in [1.54, 1.807) is 7.11 Å². The predicted molar refractivity (Wildman–Crippen MR) is 88.4 cm³/mol. The van der Waals surface area contributed by atoms with Crippen LogP contribution in [0.5, 0.6) is 5.75 Å². The minimum Gasteiger partial charge on any atom is -0.496 e. The fraction of sp³-hybridized carbons (Fsp3) is 0.500. The van der Waals surface area contributed by atoms with Crippen LogP contribution in [-0.4, -0.2) is 12.9 Å². The summed E-state index contributed by atoms with van der Waals surface area (Å²) in [5.74, 6) is 2.15. The quantitative estimate of drug-likeness (QED) is 0.717. The van der Waals surface area contributed by atoms with Crippen molar-refractivity contribution in [2.75, 3.05) is 7.11 Å². The first-order valence-electron chi connectivity index (χ1n) is 7.77. The number of ketones is 1. The average molecular weight is 349 g/mol. The Morgan fingerprint density at radius 2 is 2.00 bits per heavy atom. The zero-order chi connectivity index (χ0) is 14.8. The highest BCUT2D eigenvalue weighted by Crippen LogP contribution is 2.41. The van der Waals surface area contributed by atoms with Crippen LogP contribution < -0.4 is 4.74 Å². The molecule has 0 heterocycles. The average Bonchev–Trinajstić information content (AvgIpc) is 3.10. The molecule has 2 aliphatic rings. The van der Waals surface area contributed by atoms with Crippen molar-refractivity contribution in [2.45, 2.75) is 38.5 Å². The molecule has 3 heteroatoms. The van der Waals surface area contributed by atoms with Gasteiger partial charge in [-0.05, 0) is 76.9 Å². The van der Waals surface area contributed by atoms with Crippen LogP contribution in [0.15, 0.2) is 28.2 Å². The number of Topliss-reactive ketones (excluding diaryl/α,β-unsaturated/α-hetero) is 1. The highest BCUT2D eigenvalue weighted by molar-refractivity contribution is 9.10. The molecular weight excluding hydrogens is 328 g/mol. The topological polar surface area (TPSA) is 26.3 Å². The maximum absolute atomic E-state index is 12.6. The Hall–Kier alpha value is -1.09. The fourth-order valence-electron chi connectivity index (χ4n) is 3.73. The molecule has 0 bridgehead atoms. The summed E-state index contributed by atoms with van der Waals surface area (Å²) < 4.78 is 6.17. The third-order valence-electron chi connectivity index (χ3n) is 4.86. The standard InChI is InChI=1S/C18H21BrO2/c1-21-17-9-6-12(11-16(17)19)10-14-7-8-15(18(14)20)13-4-2-3-5-13/h6,9-11,13,15H,2-5,7-8H2,1H3/b14-10+/t15-/m0/s1. The van der Waals surface area contributed by atoms with E-state index >= 15 is 0 Å². The minimum absolute atomic E-state index is 0.292. The molecule has 0 saturated heterocycles. The number of carbonyl (C=O) groups is 1. The predicted octanol–water partition coefficient (Wildman–Crippen LogP) is 5.01. The second-order valence-corrected chi connectivity index (χ2v) is 6.97. The van der Waals surface area contributed by atoms with Gasteiger partial charge in [0.05, 0.1) is 11.6 Å². The van der Waals surface area contributed by atoms with Gasteiger partial charge in [-0.3, -0.25) is 4.79 Å². The number of hydrogen-bond donors (Lipinski definition) is 0. The zero-order valence-electron chi connectivity index (χ0n) is 12.4. The van der Waals surface area contributed by atoms with E-state index in [-0.39, 0.29) is 0 Å². The highest BCUT2D eigenvalue weighted by Gasteiger charge is 2.36. The molecule has 112 valence electrons. The molecule has 1 atom stereocenters. The van der Waals surface area contributed by atoms with Crippen LogP contribution in [0, 0.1) is 11.8 Å². The summed E-state index contributed by atoms with van der Waals surface area (Å²) in [5.41, 5.74) is 2.07. The summed E-state index contributed by atoms with van der Waals surface area (Å²) >= 11 is 3.50. The summed E-state index contributed by atoms with van der Waals surface area (Å²) in [6.45, 7) is 0. The summed E-state index contributed by atoms with van der Waals surface area (Å²) in [6.07, 6.45) is 9.14. The van der Waals surface area contributed by atoms with Crippen molar-refractivity contribution in [3.8, 4) is 5.75 Å². The Morgan fingerprint density at radius 3 is 2.67 bits per heavy atom. The van der Waals surface area contributed by atoms with Crippen LogP contribution in [-0.2, 0) is 4.79 Å². The van der Waals surface area contributed by atoms with Crippen LogP contribution in [0.3, 0.4) is 0 Å². The molecule has 1 aromatic carbocycles. The van der Waals surface area contributed by atoms with Gasteiger partial charge in [-0.25, -0.2) is 0 Å². The number of carbonyl (C=O) groups excluding carboxylic acids is 1. The molecule has 0 radical (unpaired) electrons. The van der Waals surface area contributed by atoms with Gasteiger partial charge in [0.1, 0.15) is 5.75 Å². The zero-order valence-corrected chi connectivity index (χ0v) is 14.0. The van der Waals surface area contributed by atoms with Gasteiger partial charge in [-0.2, -0.15) is 0 Å². The molecule has 2 nitrogen and oxygen atoms in total.